The molecule has 4 nitrogen and oxygen atoms in total. The van der Waals surface area contributed by atoms with Crippen LogP contribution in [0.2, 0.25) is 0 Å². The van der Waals surface area contributed by atoms with Crippen molar-refractivity contribution >= 4 is 23.0 Å². The molecule has 2 aromatic carbocycles. The van der Waals surface area contributed by atoms with Gasteiger partial charge in [0.2, 0.25) is 0 Å². The standard InChI is InChI=1S/C17H20FN3O/c1-3-21(4-2)16-10-9-12(11-15(16)19)20-17(22)13-7-5-6-8-14(13)18/h5-11H,3-4,19H2,1-2H3,(H,20,22). The number of nitrogens with one attached hydrogen (secondary N) is 1. The minimum Gasteiger partial charge on any atom is -0.397 e. The van der Waals surface area contributed by atoms with Gasteiger partial charge in [-0.1, -0.05) is 12.1 Å². The number of amides is 1. The average Bonchev–Trinajstić information content (AvgIpc) is 2.50. The fourth-order valence-corrected chi connectivity index (χ4v) is 2.33. The van der Waals surface area contributed by atoms with Crippen LogP contribution in [0.5, 0.6) is 0 Å². The van der Waals surface area contributed by atoms with Crippen molar-refractivity contribution in [3.8, 4) is 0 Å². The highest BCUT2D eigenvalue weighted by Gasteiger charge is 2.12. The SMILES string of the molecule is CCN(CC)c1ccc(NC(=O)c2ccccc2F)cc1N. The fourth-order valence-electron chi connectivity index (χ4n) is 2.33. The van der Waals surface area contributed by atoms with Crippen molar-refractivity contribution in [3.63, 3.8) is 0 Å². The third-order valence-corrected chi connectivity index (χ3v) is 3.51. The van der Waals surface area contributed by atoms with Crippen molar-refractivity contribution < 1.29 is 9.18 Å². The molecule has 22 heavy (non-hydrogen) atoms. The van der Waals surface area contributed by atoms with E-state index >= 15 is 0 Å². The van der Waals surface area contributed by atoms with Crippen LogP contribution >= 0.6 is 0 Å². The van der Waals surface area contributed by atoms with Crippen LogP contribution in [0.3, 0.4) is 0 Å². The monoisotopic (exact) mass is 301 g/mol. The predicted octanol–water partition coefficient (Wildman–Crippen LogP) is 3.51. The van der Waals surface area contributed by atoms with Gasteiger partial charge in [0.15, 0.2) is 0 Å². The number of benzene rings is 2. The van der Waals surface area contributed by atoms with Crippen molar-refractivity contribution in [1.29, 1.82) is 0 Å². The Hall–Kier alpha value is -2.56. The number of hydrogen-bond acceptors (Lipinski definition) is 3. The minimum atomic E-state index is -0.548. The summed E-state index contributed by atoms with van der Waals surface area (Å²) in [5, 5.41) is 2.66. The maximum Gasteiger partial charge on any atom is 0.258 e. The molecule has 0 fully saturated rings. The molecule has 0 spiro atoms. The van der Waals surface area contributed by atoms with Gasteiger partial charge in [-0.05, 0) is 44.2 Å². The van der Waals surface area contributed by atoms with Crippen molar-refractivity contribution in [2.75, 3.05) is 29.0 Å². The van der Waals surface area contributed by atoms with Crippen molar-refractivity contribution in [1.82, 2.24) is 0 Å². The van der Waals surface area contributed by atoms with Gasteiger partial charge in [0.25, 0.3) is 5.91 Å². The number of hydrogen-bond donors (Lipinski definition) is 2. The molecule has 0 aliphatic carbocycles. The van der Waals surface area contributed by atoms with Crippen molar-refractivity contribution in [2.45, 2.75) is 13.8 Å². The molecule has 0 atom stereocenters. The molecule has 3 N–H and O–H groups in total. The number of nitrogen functional groups attached to an aromatic ring is 1. The first-order valence-electron chi connectivity index (χ1n) is 7.27. The van der Waals surface area contributed by atoms with Gasteiger partial charge in [-0.15, -0.1) is 0 Å². The van der Waals surface area contributed by atoms with Crippen LogP contribution in [0, 0.1) is 5.82 Å². The molecule has 0 bridgehead atoms. The van der Waals surface area contributed by atoms with E-state index in [-0.39, 0.29) is 5.56 Å². The summed E-state index contributed by atoms with van der Waals surface area (Å²) < 4.78 is 13.6. The van der Waals surface area contributed by atoms with Crippen LogP contribution < -0.4 is 16.0 Å². The van der Waals surface area contributed by atoms with Crippen LogP contribution in [0.15, 0.2) is 42.5 Å². The van der Waals surface area contributed by atoms with E-state index in [9.17, 15) is 9.18 Å². The van der Waals surface area contributed by atoms with E-state index < -0.39 is 11.7 Å². The number of nitrogens with two attached hydrogens (primary N) is 1. The molecule has 0 saturated carbocycles. The molecule has 0 aliphatic rings. The number of carbonyl (C=O) groups is 1. The van der Waals surface area contributed by atoms with Gasteiger partial charge in [-0.25, -0.2) is 4.39 Å². The Kier molecular flexibility index (Phi) is 4.99. The molecule has 0 unspecified atom stereocenters. The first-order chi connectivity index (χ1) is 10.6. The van der Waals surface area contributed by atoms with Crippen molar-refractivity contribution in [2.24, 2.45) is 0 Å². The maximum atomic E-state index is 13.6. The smallest absolute Gasteiger partial charge is 0.258 e. The lowest BCUT2D eigenvalue weighted by atomic mass is 10.1. The van der Waals surface area contributed by atoms with Crippen molar-refractivity contribution in [3.05, 3.63) is 53.8 Å². The van der Waals surface area contributed by atoms with Gasteiger partial charge in [0, 0.05) is 18.8 Å². The van der Waals surface area contributed by atoms with E-state index in [1.165, 1.54) is 12.1 Å². The Morgan fingerprint density at radius 1 is 1.18 bits per heavy atom. The lowest BCUT2D eigenvalue weighted by molar-refractivity contribution is 0.102. The minimum absolute atomic E-state index is 0.00823. The van der Waals surface area contributed by atoms with Crippen LogP contribution in [0.25, 0.3) is 0 Å². The Bertz CT molecular complexity index is 669. The quantitative estimate of drug-likeness (QED) is 0.831. The molecule has 2 rings (SSSR count). The zero-order valence-electron chi connectivity index (χ0n) is 12.8. The highest BCUT2D eigenvalue weighted by molar-refractivity contribution is 6.04. The van der Waals surface area contributed by atoms with E-state index in [4.69, 9.17) is 5.73 Å². The van der Waals surface area contributed by atoms with Gasteiger partial charge in [0.05, 0.1) is 16.9 Å². The number of rotatable bonds is 5. The second-order valence-corrected chi connectivity index (χ2v) is 4.88. The molecule has 1 amide bonds. The Morgan fingerprint density at radius 3 is 2.45 bits per heavy atom. The number of halogens is 1. The first kappa shape index (κ1) is 15.8. The van der Waals surface area contributed by atoms with Gasteiger partial charge in [-0.2, -0.15) is 0 Å². The molecule has 0 saturated heterocycles. The Morgan fingerprint density at radius 2 is 1.86 bits per heavy atom. The van der Waals surface area contributed by atoms with E-state index in [1.54, 1.807) is 24.3 Å². The largest absolute Gasteiger partial charge is 0.397 e. The average molecular weight is 301 g/mol. The number of anilines is 3. The molecular formula is C17H20FN3O. The molecule has 0 aromatic heterocycles. The van der Waals surface area contributed by atoms with E-state index in [1.807, 2.05) is 6.07 Å². The topological polar surface area (TPSA) is 58.4 Å². The second-order valence-electron chi connectivity index (χ2n) is 4.88. The summed E-state index contributed by atoms with van der Waals surface area (Å²) >= 11 is 0. The zero-order chi connectivity index (χ0) is 16.1. The fraction of sp³-hybridized carbons (Fsp3) is 0.235. The summed E-state index contributed by atoms with van der Waals surface area (Å²) in [7, 11) is 0. The predicted molar refractivity (Wildman–Crippen MR) is 88.8 cm³/mol. The summed E-state index contributed by atoms with van der Waals surface area (Å²) in [6, 6.07) is 11.2. The molecule has 116 valence electrons. The normalized spacial score (nSPS) is 10.3. The summed E-state index contributed by atoms with van der Waals surface area (Å²) in [4.78, 5) is 14.2. The van der Waals surface area contributed by atoms with Crippen LogP contribution in [0.4, 0.5) is 21.5 Å². The van der Waals surface area contributed by atoms with Gasteiger partial charge >= 0.3 is 0 Å². The van der Waals surface area contributed by atoms with E-state index in [2.05, 4.69) is 24.1 Å². The van der Waals surface area contributed by atoms with Gasteiger partial charge in [-0.3, -0.25) is 4.79 Å². The van der Waals surface area contributed by atoms with Crippen LogP contribution in [-0.2, 0) is 0 Å². The lowest BCUT2D eigenvalue weighted by Crippen LogP contribution is -2.23. The third kappa shape index (κ3) is 3.36. The Labute approximate surface area is 129 Å². The molecule has 0 aliphatic heterocycles. The molecule has 5 heteroatoms. The lowest BCUT2D eigenvalue weighted by Gasteiger charge is -2.23. The molecular weight excluding hydrogens is 281 g/mol. The molecule has 0 radical (unpaired) electrons. The van der Waals surface area contributed by atoms with Crippen LogP contribution in [0.1, 0.15) is 24.2 Å². The highest BCUT2D eigenvalue weighted by atomic mass is 19.1. The summed E-state index contributed by atoms with van der Waals surface area (Å²) in [6.45, 7) is 5.80. The first-order valence-corrected chi connectivity index (χ1v) is 7.27. The van der Waals surface area contributed by atoms with Gasteiger partial charge in [0.1, 0.15) is 5.82 Å². The molecule has 0 heterocycles. The van der Waals surface area contributed by atoms with Crippen LogP contribution in [-0.4, -0.2) is 19.0 Å². The number of nitrogens with zero attached hydrogens (tertiary/aromatic N) is 1. The number of carbonyl (C=O) groups excluding carboxylic acids is 1. The summed E-state index contributed by atoms with van der Waals surface area (Å²) in [6.07, 6.45) is 0. The zero-order valence-corrected chi connectivity index (χ0v) is 12.8. The summed E-state index contributed by atoms with van der Waals surface area (Å²) in [5.41, 5.74) is 8.11. The second kappa shape index (κ2) is 6.93. The molecule has 2 aromatic rings. The van der Waals surface area contributed by atoms with E-state index in [0.29, 0.717) is 11.4 Å². The summed E-state index contributed by atoms with van der Waals surface area (Å²) in [5.74, 6) is -1.04. The highest BCUT2D eigenvalue weighted by Crippen LogP contribution is 2.26. The van der Waals surface area contributed by atoms with E-state index in [0.717, 1.165) is 18.8 Å². The third-order valence-electron chi connectivity index (χ3n) is 3.51. The van der Waals surface area contributed by atoms with Gasteiger partial charge < -0.3 is 16.0 Å². The maximum absolute atomic E-state index is 13.6. The Balaban J connectivity index is 2.19.